The molecule has 1 saturated heterocycles. The predicted octanol–water partition coefficient (Wildman–Crippen LogP) is 1.40. The van der Waals surface area contributed by atoms with Crippen molar-refractivity contribution in [1.82, 2.24) is 10.1 Å². The largest absolute Gasteiger partial charge is 0.466 e. The molecule has 0 spiro atoms. The highest BCUT2D eigenvalue weighted by Gasteiger charge is 2.31. The number of carbonyl (C=O) groups is 2. The second-order valence-electron chi connectivity index (χ2n) is 4.67. The first kappa shape index (κ1) is 13.6. The highest BCUT2D eigenvalue weighted by molar-refractivity contribution is 5.92. The van der Waals surface area contributed by atoms with Gasteiger partial charge in [0.15, 0.2) is 0 Å². The van der Waals surface area contributed by atoms with Crippen molar-refractivity contribution in [3.05, 3.63) is 17.5 Å². The van der Waals surface area contributed by atoms with Gasteiger partial charge >= 0.3 is 5.97 Å². The van der Waals surface area contributed by atoms with Crippen LogP contribution in [-0.4, -0.2) is 41.6 Å². The van der Waals surface area contributed by atoms with Crippen LogP contribution in [-0.2, 0) is 9.53 Å². The van der Waals surface area contributed by atoms with Crippen LogP contribution in [0.1, 0.15) is 36.0 Å². The Labute approximate surface area is 111 Å². The SMILES string of the molecule is CCOC(=O)[C@@H]1CCCN(C(=O)c2cc(C)no2)C1. The van der Waals surface area contributed by atoms with E-state index in [1.54, 1.807) is 24.8 Å². The van der Waals surface area contributed by atoms with Crippen LogP contribution in [0.3, 0.4) is 0 Å². The molecule has 0 N–H and O–H groups in total. The highest BCUT2D eigenvalue weighted by Crippen LogP contribution is 2.20. The Hall–Kier alpha value is -1.85. The third kappa shape index (κ3) is 3.13. The maximum absolute atomic E-state index is 12.2. The van der Waals surface area contributed by atoms with Crippen LogP contribution in [0.5, 0.6) is 0 Å². The van der Waals surface area contributed by atoms with Crippen LogP contribution in [0, 0.1) is 12.8 Å². The Kier molecular flexibility index (Phi) is 4.19. The van der Waals surface area contributed by atoms with Gasteiger partial charge in [-0.3, -0.25) is 9.59 Å². The molecule has 1 aliphatic heterocycles. The zero-order valence-corrected chi connectivity index (χ0v) is 11.2. The first-order valence-electron chi connectivity index (χ1n) is 6.51. The summed E-state index contributed by atoms with van der Waals surface area (Å²) in [4.78, 5) is 25.5. The summed E-state index contributed by atoms with van der Waals surface area (Å²) in [5, 5.41) is 3.70. The number of esters is 1. The van der Waals surface area contributed by atoms with Gasteiger partial charge in [0.05, 0.1) is 18.2 Å². The van der Waals surface area contributed by atoms with Crippen molar-refractivity contribution < 1.29 is 18.8 Å². The van der Waals surface area contributed by atoms with Gasteiger partial charge in [-0.1, -0.05) is 5.16 Å². The number of aryl methyl sites for hydroxylation is 1. The van der Waals surface area contributed by atoms with Crippen LogP contribution in [0.15, 0.2) is 10.6 Å². The van der Waals surface area contributed by atoms with E-state index in [0.717, 1.165) is 12.8 Å². The van der Waals surface area contributed by atoms with E-state index in [4.69, 9.17) is 9.26 Å². The molecule has 2 heterocycles. The first-order valence-corrected chi connectivity index (χ1v) is 6.51. The van der Waals surface area contributed by atoms with E-state index in [1.807, 2.05) is 0 Å². The van der Waals surface area contributed by atoms with E-state index in [1.165, 1.54) is 0 Å². The summed E-state index contributed by atoms with van der Waals surface area (Å²) >= 11 is 0. The van der Waals surface area contributed by atoms with E-state index >= 15 is 0 Å². The Morgan fingerprint density at radius 2 is 2.37 bits per heavy atom. The molecule has 1 atom stereocenters. The van der Waals surface area contributed by atoms with E-state index in [0.29, 0.717) is 25.4 Å². The lowest BCUT2D eigenvalue weighted by atomic mass is 9.98. The van der Waals surface area contributed by atoms with Crippen LogP contribution >= 0.6 is 0 Å². The number of rotatable bonds is 3. The Bertz CT molecular complexity index is 469. The molecule has 19 heavy (non-hydrogen) atoms. The summed E-state index contributed by atoms with van der Waals surface area (Å²) < 4.78 is 9.97. The lowest BCUT2D eigenvalue weighted by Crippen LogP contribution is -2.42. The topological polar surface area (TPSA) is 72.6 Å². The quantitative estimate of drug-likeness (QED) is 0.773. The van der Waals surface area contributed by atoms with Gasteiger partial charge in [-0.2, -0.15) is 0 Å². The lowest BCUT2D eigenvalue weighted by Gasteiger charge is -2.30. The predicted molar refractivity (Wildman–Crippen MR) is 66.5 cm³/mol. The van der Waals surface area contributed by atoms with Crippen molar-refractivity contribution >= 4 is 11.9 Å². The van der Waals surface area contributed by atoms with Crippen LogP contribution in [0.25, 0.3) is 0 Å². The van der Waals surface area contributed by atoms with Gasteiger partial charge in [0.2, 0.25) is 5.76 Å². The Morgan fingerprint density at radius 1 is 1.58 bits per heavy atom. The molecule has 0 unspecified atom stereocenters. The number of ether oxygens (including phenoxy) is 1. The smallest absolute Gasteiger partial charge is 0.310 e. The molecule has 6 nitrogen and oxygen atoms in total. The number of likely N-dealkylation sites (tertiary alicyclic amines) is 1. The third-order valence-corrected chi connectivity index (χ3v) is 3.17. The molecule has 0 aromatic carbocycles. The maximum atomic E-state index is 12.2. The summed E-state index contributed by atoms with van der Waals surface area (Å²) in [6.45, 7) is 4.93. The minimum Gasteiger partial charge on any atom is -0.466 e. The minimum atomic E-state index is -0.235. The van der Waals surface area contributed by atoms with Crippen molar-refractivity contribution in [2.24, 2.45) is 5.92 Å². The number of hydrogen-bond donors (Lipinski definition) is 0. The second-order valence-corrected chi connectivity index (χ2v) is 4.67. The third-order valence-electron chi connectivity index (χ3n) is 3.17. The highest BCUT2D eigenvalue weighted by atomic mass is 16.5. The van der Waals surface area contributed by atoms with Crippen LogP contribution < -0.4 is 0 Å². The fourth-order valence-corrected chi connectivity index (χ4v) is 2.23. The summed E-state index contributed by atoms with van der Waals surface area (Å²) in [5.74, 6) is -0.452. The van der Waals surface area contributed by atoms with Crippen molar-refractivity contribution in [2.45, 2.75) is 26.7 Å². The minimum absolute atomic E-state index is 0.213. The molecule has 0 bridgehead atoms. The van der Waals surface area contributed by atoms with Crippen molar-refractivity contribution in [1.29, 1.82) is 0 Å². The van der Waals surface area contributed by atoms with Crippen molar-refractivity contribution in [3.8, 4) is 0 Å². The number of aromatic nitrogens is 1. The fraction of sp³-hybridized carbons (Fsp3) is 0.615. The molecular weight excluding hydrogens is 248 g/mol. The number of hydrogen-bond acceptors (Lipinski definition) is 5. The van der Waals surface area contributed by atoms with Crippen LogP contribution in [0.4, 0.5) is 0 Å². The molecule has 6 heteroatoms. The molecule has 1 amide bonds. The second kappa shape index (κ2) is 5.86. The zero-order chi connectivity index (χ0) is 13.8. The summed E-state index contributed by atoms with van der Waals surface area (Å²) in [6, 6.07) is 1.61. The molecular formula is C13H18N2O4. The van der Waals surface area contributed by atoms with Gasteiger partial charge < -0.3 is 14.2 Å². The number of amides is 1. The molecule has 1 aromatic heterocycles. The monoisotopic (exact) mass is 266 g/mol. The average Bonchev–Trinajstić information content (AvgIpc) is 2.85. The van der Waals surface area contributed by atoms with Gasteiger partial charge in [-0.15, -0.1) is 0 Å². The lowest BCUT2D eigenvalue weighted by molar-refractivity contribution is -0.149. The Balaban J connectivity index is 2.01. The van der Waals surface area contributed by atoms with Gasteiger partial charge in [-0.25, -0.2) is 0 Å². The first-order chi connectivity index (χ1) is 9.11. The summed E-state index contributed by atoms with van der Waals surface area (Å²) in [7, 11) is 0. The van der Waals surface area contributed by atoms with E-state index < -0.39 is 0 Å². The van der Waals surface area contributed by atoms with E-state index in [9.17, 15) is 9.59 Å². The maximum Gasteiger partial charge on any atom is 0.310 e. The van der Waals surface area contributed by atoms with Crippen molar-refractivity contribution in [3.63, 3.8) is 0 Å². The van der Waals surface area contributed by atoms with Crippen molar-refractivity contribution in [2.75, 3.05) is 19.7 Å². The molecule has 0 aliphatic carbocycles. The number of carbonyl (C=O) groups excluding carboxylic acids is 2. The molecule has 1 aromatic rings. The standard InChI is InChI=1S/C13H18N2O4/c1-3-18-13(17)10-5-4-6-15(8-10)12(16)11-7-9(2)14-19-11/h7,10H,3-6,8H2,1-2H3/t10-/m1/s1. The summed E-state index contributed by atoms with van der Waals surface area (Å²) in [6.07, 6.45) is 1.56. The van der Waals surface area contributed by atoms with E-state index in [-0.39, 0.29) is 23.6 Å². The number of nitrogens with zero attached hydrogens (tertiary/aromatic N) is 2. The zero-order valence-electron chi connectivity index (χ0n) is 11.2. The number of piperidine rings is 1. The van der Waals surface area contributed by atoms with E-state index in [2.05, 4.69) is 5.16 Å². The van der Waals surface area contributed by atoms with Gasteiger partial charge in [0.25, 0.3) is 5.91 Å². The van der Waals surface area contributed by atoms with Gasteiger partial charge in [0, 0.05) is 19.2 Å². The van der Waals surface area contributed by atoms with Gasteiger partial charge in [-0.05, 0) is 26.7 Å². The fourth-order valence-electron chi connectivity index (χ4n) is 2.23. The summed E-state index contributed by atoms with van der Waals surface area (Å²) in [5.41, 5.74) is 0.669. The van der Waals surface area contributed by atoms with Gasteiger partial charge in [0.1, 0.15) is 0 Å². The molecule has 1 fully saturated rings. The molecule has 104 valence electrons. The average molecular weight is 266 g/mol. The molecule has 0 saturated carbocycles. The molecule has 2 rings (SSSR count). The normalized spacial score (nSPS) is 19.3. The Morgan fingerprint density at radius 3 is 3.00 bits per heavy atom. The molecule has 0 radical (unpaired) electrons. The molecule has 1 aliphatic rings. The van der Waals surface area contributed by atoms with Crippen LogP contribution in [0.2, 0.25) is 0 Å².